The molecular formula is C13H19NO4. The molecule has 1 rings (SSSR count). The van der Waals surface area contributed by atoms with Gasteiger partial charge in [0.05, 0.1) is 31.1 Å². The maximum absolute atomic E-state index is 11.8. The van der Waals surface area contributed by atoms with E-state index in [0.717, 1.165) is 0 Å². The molecule has 5 nitrogen and oxygen atoms in total. The molecule has 1 aromatic carbocycles. The molecule has 0 saturated heterocycles. The average Bonchev–Trinajstić information content (AvgIpc) is 2.34. The third-order valence-corrected chi connectivity index (χ3v) is 2.27. The van der Waals surface area contributed by atoms with E-state index in [4.69, 9.17) is 19.9 Å². The van der Waals surface area contributed by atoms with Crippen molar-refractivity contribution >= 4 is 11.7 Å². The van der Waals surface area contributed by atoms with Crippen LogP contribution in [0.5, 0.6) is 5.75 Å². The molecule has 0 heterocycles. The Morgan fingerprint density at radius 2 is 2.06 bits per heavy atom. The number of hydrogen-bond acceptors (Lipinski definition) is 5. The molecule has 0 aromatic heterocycles. The summed E-state index contributed by atoms with van der Waals surface area (Å²) in [6.07, 6.45) is 0.116. The van der Waals surface area contributed by atoms with E-state index in [0.29, 0.717) is 17.9 Å². The minimum atomic E-state index is -0.473. The summed E-state index contributed by atoms with van der Waals surface area (Å²) in [4.78, 5) is 11.8. The van der Waals surface area contributed by atoms with E-state index in [2.05, 4.69) is 0 Å². The number of nitrogens with two attached hydrogens (primary N) is 1. The Hall–Kier alpha value is -1.75. The quantitative estimate of drug-likeness (QED) is 0.476. The largest absolute Gasteiger partial charge is 0.495 e. The maximum atomic E-state index is 11.8. The standard InChI is InChI=1S/C13H19NO4/c1-9(2)17-7-8-18-13(15)10-5-4-6-11(16-3)12(10)14/h4-6,9H,7-8,14H2,1-3H3. The molecule has 0 bridgehead atoms. The molecule has 0 unspecified atom stereocenters. The van der Waals surface area contributed by atoms with Crippen molar-refractivity contribution in [1.29, 1.82) is 0 Å². The van der Waals surface area contributed by atoms with E-state index in [9.17, 15) is 4.79 Å². The second kappa shape index (κ2) is 6.86. The highest BCUT2D eigenvalue weighted by molar-refractivity contribution is 5.96. The van der Waals surface area contributed by atoms with Crippen LogP contribution in [0.3, 0.4) is 0 Å². The zero-order chi connectivity index (χ0) is 13.5. The second-order valence-electron chi connectivity index (χ2n) is 3.98. The monoisotopic (exact) mass is 253 g/mol. The van der Waals surface area contributed by atoms with E-state index < -0.39 is 5.97 Å². The maximum Gasteiger partial charge on any atom is 0.340 e. The summed E-state index contributed by atoms with van der Waals surface area (Å²) in [5.41, 5.74) is 6.38. The number of para-hydroxylation sites is 1. The third-order valence-electron chi connectivity index (χ3n) is 2.27. The van der Waals surface area contributed by atoms with E-state index in [1.807, 2.05) is 13.8 Å². The molecule has 0 spiro atoms. The Morgan fingerprint density at radius 1 is 1.33 bits per heavy atom. The van der Waals surface area contributed by atoms with Crippen molar-refractivity contribution in [2.24, 2.45) is 0 Å². The fraction of sp³-hybridized carbons (Fsp3) is 0.462. The number of carbonyl (C=O) groups is 1. The van der Waals surface area contributed by atoms with Gasteiger partial charge in [0.1, 0.15) is 12.4 Å². The number of nitrogen functional groups attached to an aromatic ring is 1. The van der Waals surface area contributed by atoms with Gasteiger partial charge in [-0.1, -0.05) is 6.07 Å². The molecule has 0 amide bonds. The molecule has 1 aromatic rings. The summed E-state index contributed by atoms with van der Waals surface area (Å²) in [6.45, 7) is 4.41. The zero-order valence-electron chi connectivity index (χ0n) is 10.9. The molecule has 0 saturated carbocycles. The van der Waals surface area contributed by atoms with E-state index >= 15 is 0 Å². The molecule has 0 radical (unpaired) electrons. The Kier molecular flexibility index (Phi) is 5.45. The summed E-state index contributed by atoms with van der Waals surface area (Å²) >= 11 is 0. The Labute approximate surface area is 107 Å². The minimum absolute atomic E-state index is 0.116. The molecular weight excluding hydrogens is 234 g/mol. The van der Waals surface area contributed by atoms with Crippen LogP contribution in [0, 0.1) is 0 Å². The lowest BCUT2D eigenvalue weighted by Crippen LogP contribution is -2.14. The fourth-order valence-electron chi connectivity index (χ4n) is 1.40. The van der Waals surface area contributed by atoms with Crippen LogP contribution in [0.25, 0.3) is 0 Å². The minimum Gasteiger partial charge on any atom is -0.495 e. The van der Waals surface area contributed by atoms with Crippen LogP contribution in [0.4, 0.5) is 5.69 Å². The molecule has 0 aliphatic carbocycles. The van der Waals surface area contributed by atoms with E-state index in [-0.39, 0.29) is 18.4 Å². The summed E-state index contributed by atoms with van der Waals surface area (Å²) in [7, 11) is 1.50. The molecule has 5 heteroatoms. The topological polar surface area (TPSA) is 70.8 Å². The number of hydrogen-bond donors (Lipinski definition) is 1. The number of ether oxygens (including phenoxy) is 3. The van der Waals surface area contributed by atoms with Crippen LogP contribution < -0.4 is 10.5 Å². The van der Waals surface area contributed by atoms with Gasteiger partial charge in [-0.3, -0.25) is 0 Å². The predicted octanol–water partition coefficient (Wildman–Crippen LogP) is 1.86. The van der Waals surface area contributed by atoms with Crippen LogP contribution in [0.2, 0.25) is 0 Å². The SMILES string of the molecule is COc1cccc(C(=O)OCCOC(C)C)c1N. The lowest BCUT2D eigenvalue weighted by Gasteiger charge is -2.11. The first kappa shape index (κ1) is 14.3. The van der Waals surface area contributed by atoms with Crippen molar-refractivity contribution in [2.45, 2.75) is 20.0 Å². The normalized spacial score (nSPS) is 10.4. The van der Waals surface area contributed by atoms with Crippen LogP contribution in [0.1, 0.15) is 24.2 Å². The molecule has 0 aliphatic heterocycles. The smallest absolute Gasteiger partial charge is 0.340 e. The number of methoxy groups -OCH3 is 1. The first-order chi connectivity index (χ1) is 8.56. The molecule has 0 atom stereocenters. The number of carbonyl (C=O) groups excluding carboxylic acids is 1. The Morgan fingerprint density at radius 3 is 2.67 bits per heavy atom. The molecule has 18 heavy (non-hydrogen) atoms. The predicted molar refractivity (Wildman–Crippen MR) is 68.8 cm³/mol. The second-order valence-corrected chi connectivity index (χ2v) is 3.98. The lowest BCUT2D eigenvalue weighted by atomic mass is 10.1. The zero-order valence-corrected chi connectivity index (χ0v) is 10.9. The van der Waals surface area contributed by atoms with Crippen molar-refractivity contribution < 1.29 is 19.0 Å². The van der Waals surface area contributed by atoms with Gasteiger partial charge >= 0.3 is 5.97 Å². The highest BCUT2D eigenvalue weighted by Crippen LogP contribution is 2.25. The number of benzene rings is 1. The van der Waals surface area contributed by atoms with E-state index in [1.165, 1.54) is 7.11 Å². The van der Waals surface area contributed by atoms with Crippen LogP contribution in [-0.4, -0.2) is 32.4 Å². The first-order valence-electron chi connectivity index (χ1n) is 5.77. The van der Waals surface area contributed by atoms with Gasteiger partial charge in [-0.15, -0.1) is 0 Å². The summed E-state index contributed by atoms with van der Waals surface area (Å²) < 4.78 is 15.4. The molecule has 0 fully saturated rings. The van der Waals surface area contributed by atoms with Crippen molar-refractivity contribution in [3.05, 3.63) is 23.8 Å². The van der Waals surface area contributed by atoms with Crippen LogP contribution in [0.15, 0.2) is 18.2 Å². The van der Waals surface area contributed by atoms with Gasteiger partial charge in [0.15, 0.2) is 0 Å². The van der Waals surface area contributed by atoms with Gasteiger partial charge in [0, 0.05) is 0 Å². The Bertz CT molecular complexity index is 404. The third kappa shape index (κ3) is 3.92. The van der Waals surface area contributed by atoms with Gasteiger partial charge in [0.2, 0.25) is 0 Å². The molecule has 100 valence electrons. The molecule has 0 aliphatic rings. The van der Waals surface area contributed by atoms with Gasteiger partial charge in [0.25, 0.3) is 0 Å². The Balaban J connectivity index is 2.56. The van der Waals surface area contributed by atoms with Crippen molar-refractivity contribution in [1.82, 2.24) is 0 Å². The number of esters is 1. The number of rotatable bonds is 6. The van der Waals surface area contributed by atoms with Crippen LogP contribution >= 0.6 is 0 Å². The van der Waals surface area contributed by atoms with Crippen molar-refractivity contribution in [2.75, 3.05) is 26.1 Å². The number of anilines is 1. The summed E-state index contributed by atoms with van der Waals surface area (Å²) in [5, 5.41) is 0. The van der Waals surface area contributed by atoms with Crippen molar-refractivity contribution in [3.63, 3.8) is 0 Å². The van der Waals surface area contributed by atoms with Gasteiger partial charge in [-0.25, -0.2) is 4.79 Å². The van der Waals surface area contributed by atoms with Gasteiger partial charge in [-0.2, -0.15) is 0 Å². The van der Waals surface area contributed by atoms with E-state index in [1.54, 1.807) is 18.2 Å². The highest BCUT2D eigenvalue weighted by Gasteiger charge is 2.14. The van der Waals surface area contributed by atoms with Gasteiger partial charge in [-0.05, 0) is 26.0 Å². The summed E-state index contributed by atoms with van der Waals surface area (Å²) in [6, 6.07) is 4.98. The van der Waals surface area contributed by atoms with Crippen LogP contribution in [-0.2, 0) is 9.47 Å². The molecule has 2 N–H and O–H groups in total. The first-order valence-corrected chi connectivity index (χ1v) is 5.77. The van der Waals surface area contributed by atoms with Crippen molar-refractivity contribution in [3.8, 4) is 5.75 Å². The van der Waals surface area contributed by atoms with Gasteiger partial charge < -0.3 is 19.9 Å². The fourth-order valence-corrected chi connectivity index (χ4v) is 1.40. The average molecular weight is 253 g/mol. The lowest BCUT2D eigenvalue weighted by molar-refractivity contribution is 0.0177. The summed E-state index contributed by atoms with van der Waals surface area (Å²) in [5.74, 6) is -0.0124. The highest BCUT2D eigenvalue weighted by atomic mass is 16.6.